The average molecular weight is 353 g/mol. The van der Waals surface area contributed by atoms with Crippen LogP contribution >= 0.6 is 0 Å². The quantitative estimate of drug-likeness (QED) is 0.835. The van der Waals surface area contributed by atoms with Crippen molar-refractivity contribution in [1.29, 1.82) is 0 Å². The van der Waals surface area contributed by atoms with E-state index in [1.165, 1.54) is 5.56 Å². The van der Waals surface area contributed by atoms with E-state index >= 15 is 0 Å². The Kier molecular flexibility index (Phi) is 5.94. The zero-order valence-corrected chi connectivity index (χ0v) is 15.5. The van der Waals surface area contributed by atoms with Crippen molar-refractivity contribution in [2.24, 2.45) is 0 Å². The molecule has 0 aliphatic carbocycles. The summed E-state index contributed by atoms with van der Waals surface area (Å²) < 4.78 is 5.68. The van der Waals surface area contributed by atoms with Crippen molar-refractivity contribution >= 4 is 5.97 Å². The highest BCUT2D eigenvalue weighted by Crippen LogP contribution is 2.35. The standard InChI is InChI=1S/C22H27NO3/c1-3-26-19-8-6-7-18(15-19)21(17-12-10-16(2)11-13-17)23-14-5-4-9-20(23)22(24)25/h6-8,10-13,15,20-21H,3-5,9,14H2,1-2H3,(H,24,25). The zero-order chi connectivity index (χ0) is 18.5. The maximum absolute atomic E-state index is 11.9. The number of ether oxygens (including phenoxy) is 1. The molecule has 1 aliphatic rings. The van der Waals surface area contributed by atoms with Gasteiger partial charge in [-0.3, -0.25) is 9.69 Å². The van der Waals surface area contributed by atoms with E-state index in [9.17, 15) is 9.90 Å². The number of carboxylic acid groups (broad SMARTS) is 1. The van der Waals surface area contributed by atoms with Gasteiger partial charge in [-0.1, -0.05) is 48.4 Å². The zero-order valence-electron chi connectivity index (χ0n) is 15.5. The lowest BCUT2D eigenvalue weighted by Gasteiger charge is -2.39. The van der Waals surface area contributed by atoms with Gasteiger partial charge in [0.15, 0.2) is 0 Å². The van der Waals surface area contributed by atoms with Crippen LogP contribution in [-0.2, 0) is 4.79 Å². The van der Waals surface area contributed by atoms with Gasteiger partial charge in [0.1, 0.15) is 11.8 Å². The molecule has 2 aromatic carbocycles. The Labute approximate surface area is 155 Å². The number of carboxylic acids is 1. The first-order chi connectivity index (χ1) is 12.6. The fraction of sp³-hybridized carbons (Fsp3) is 0.409. The molecule has 138 valence electrons. The number of piperidine rings is 1. The van der Waals surface area contributed by atoms with Gasteiger partial charge in [0.2, 0.25) is 0 Å². The van der Waals surface area contributed by atoms with E-state index in [0.717, 1.165) is 36.3 Å². The largest absolute Gasteiger partial charge is 0.494 e. The number of hydrogen-bond acceptors (Lipinski definition) is 3. The van der Waals surface area contributed by atoms with Crippen LogP contribution in [0.1, 0.15) is 48.9 Å². The molecular weight excluding hydrogens is 326 g/mol. The Balaban J connectivity index is 2.05. The van der Waals surface area contributed by atoms with Crippen LogP contribution in [0.3, 0.4) is 0 Å². The van der Waals surface area contributed by atoms with Gasteiger partial charge in [0, 0.05) is 0 Å². The number of benzene rings is 2. The highest BCUT2D eigenvalue weighted by atomic mass is 16.5. The fourth-order valence-corrected chi connectivity index (χ4v) is 3.79. The second kappa shape index (κ2) is 8.37. The van der Waals surface area contributed by atoms with Crippen LogP contribution in [0.5, 0.6) is 5.75 Å². The van der Waals surface area contributed by atoms with Crippen molar-refractivity contribution in [2.75, 3.05) is 13.2 Å². The first-order valence-electron chi connectivity index (χ1n) is 9.38. The third-order valence-electron chi connectivity index (χ3n) is 5.04. The lowest BCUT2D eigenvalue weighted by Crippen LogP contribution is -2.46. The van der Waals surface area contributed by atoms with Crippen LogP contribution in [0.4, 0.5) is 0 Å². The van der Waals surface area contributed by atoms with E-state index in [0.29, 0.717) is 13.0 Å². The summed E-state index contributed by atoms with van der Waals surface area (Å²) >= 11 is 0. The molecule has 4 nitrogen and oxygen atoms in total. The maximum atomic E-state index is 11.9. The number of hydrogen-bond donors (Lipinski definition) is 1. The molecule has 0 bridgehead atoms. The Morgan fingerprint density at radius 3 is 2.65 bits per heavy atom. The Morgan fingerprint density at radius 2 is 1.96 bits per heavy atom. The minimum Gasteiger partial charge on any atom is -0.494 e. The molecule has 2 atom stereocenters. The molecular formula is C22H27NO3. The summed E-state index contributed by atoms with van der Waals surface area (Å²) in [4.78, 5) is 14.0. The maximum Gasteiger partial charge on any atom is 0.320 e. The Bertz CT molecular complexity index is 741. The van der Waals surface area contributed by atoms with E-state index in [1.54, 1.807) is 0 Å². The van der Waals surface area contributed by atoms with E-state index in [4.69, 9.17) is 4.74 Å². The monoisotopic (exact) mass is 353 g/mol. The minimum atomic E-state index is -0.734. The van der Waals surface area contributed by atoms with Crippen molar-refractivity contribution in [1.82, 2.24) is 4.90 Å². The third-order valence-corrected chi connectivity index (χ3v) is 5.04. The topological polar surface area (TPSA) is 49.8 Å². The highest BCUT2D eigenvalue weighted by molar-refractivity contribution is 5.73. The van der Waals surface area contributed by atoms with Crippen molar-refractivity contribution < 1.29 is 14.6 Å². The number of rotatable bonds is 6. The number of likely N-dealkylation sites (tertiary alicyclic amines) is 1. The molecule has 2 unspecified atom stereocenters. The van der Waals surface area contributed by atoms with Crippen LogP contribution < -0.4 is 4.74 Å². The SMILES string of the molecule is CCOc1cccc(C(c2ccc(C)cc2)N2CCCCC2C(=O)O)c1. The van der Waals surface area contributed by atoms with Gasteiger partial charge in [-0.25, -0.2) is 0 Å². The van der Waals surface area contributed by atoms with Gasteiger partial charge in [-0.2, -0.15) is 0 Å². The van der Waals surface area contributed by atoms with Gasteiger partial charge < -0.3 is 9.84 Å². The van der Waals surface area contributed by atoms with Gasteiger partial charge in [0.05, 0.1) is 12.6 Å². The summed E-state index contributed by atoms with van der Waals surface area (Å²) in [6, 6.07) is 15.9. The highest BCUT2D eigenvalue weighted by Gasteiger charge is 2.35. The van der Waals surface area contributed by atoms with Crippen molar-refractivity contribution in [3.63, 3.8) is 0 Å². The predicted octanol–water partition coefficient (Wildman–Crippen LogP) is 4.42. The van der Waals surface area contributed by atoms with E-state index in [-0.39, 0.29) is 6.04 Å². The molecule has 0 saturated carbocycles. The summed E-state index contributed by atoms with van der Waals surface area (Å²) in [5, 5.41) is 9.77. The third kappa shape index (κ3) is 4.07. The summed E-state index contributed by atoms with van der Waals surface area (Å²) in [5.74, 6) is 0.0915. The number of carbonyl (C=O) groups is 1. The first kappa shape index (κ1) is 18.5. The second-order valence-electron chi connectivity index (χ2n) is 6.91. The molecule has 1 fully saturated rings. The second-order valence-corrected chi connectivity index (χ2v) is 6.91. The van der Waals surface area contributed by atoms with Crippen LogP contribution in [0.2, 0.25) is 0 Å². The first-order valence-corrected chi connectivity index (χ1v) is 9.38. The van der Waals surface area contributed by atoms with E-state index in [1.807, 2.05) is 25.1 Å². The summed E-state index contributed by atoms with van der Waals surface area (Å²) in [6.07, 6.45) is 2.69. The smallest absolute Gasteiger partial charge is 0.320 e. The van der Waals surface area contributed by atoms with E-state index in [2.05, 4.69) is 42.2 Å². The van der Waals surface area contributed by atoms with Crippen molar-refractivity contribution in [3.8, 4) is 5.75 Å². The Morgan fingerprint density at radius 1 is 1.19 bits per heavy atom. The molecule has 1 heterocycles. The van der Waals surface area contributed by atoms with Gasteiger partial charge in [0.25, 0.3) is 0 Å². The molecule has 1 saturated heterocycles. The molecule has 0 radical (unpaired) electrons. The van der Waals surface area contributed by atoms with Gasteiger partial charge in [-0.05, 0) is 56.5 Å². The number of aryl methyl sites for hydroxylation is 1. The van der Waals surface area contributed by atoms with Crippen LogP contribution in [0, 0.1) is 6.92 Å². The van der Waals surface area contributed by atoms with Crippen molar-refractivity contribution in [3.05, 3.63) is 65.2 Å². The van der Waals surface area contributed by atoms with E-state index < -0.39 is 12.0 Å². The summed E-state index contributed by atoms with van der Waals surface area (Å²) in [6.45, 7) is 5.43. The van der Waals surface area contributed by atoms with Gasteiger partial charge in [-0.15, -0.1) is 0 Å². The molecule has 0 amide bonds. The molecule has 0 aromatic heterocycles. The summed E-state index contributed by atoms with van der Waals surface area (Å²) in [5.41, 5.74) is 3.40. The van der Waals surface area contributed by atoms with Crippen LogP contribution in [0.15, 0.2) is 48.5 Å². The molecule has 4 heteroatoms. The summed E-state index contributed by atoms with van der Waals surface area (Å²) in [7, 11) is 0. The molecule has 26 heavy (non-hydrogen) atoms. The molecule has 1 aliphatic heterocycles. The van der Waals surface area contributed by atoms with Gasteiger partial charge >= 0.3 is 5.97 Å². The predicted molar refractivity (Wildman–Crippen MR) is 103 cm³/mol. The normalized spacial score (nSPS) is 19.1. The van der Waals surface area contributed by atoms with Crippen molar-refractivity contribution in [2.45, 2.75) is 45.2 Å². The lowest BCUT2D eigenvalue weighted by atomic mass is 9.91. The molecule has 3 rings (SSSR count). The molecule has 0 spiro atoms. The number of aliphatic carboxylic acids is 1. The van der Waals surface area contributed by atoms with Crippen LogP contribution in [-0.4, -0.2) is 35.2 Å². The average Bonchev–Trinajstić information content (AvgIpc) is 2.64. The molecule has 1 N–H and O–H groups in total. The Hall–Kier alpha value is -2.33. The molecule has 2 aromatic rings. The number of nitrogens with zero attached hydrogens (tertiary/aromatic N) is 1. The minimum absolute atomic E-state index is 0.0857. The lowest BCUT2D eigenvalue weighted by molar-refractivity contribution is -0.145. The fourth-order valence-electron chi connectivity index (χ4n) is 3.79. The van der Waals surface area contributed by atoms with Crippen LogP contribution in [0.25, 0.3) is 0 Å².